The third kappa shape index (κ3) is 5.06. The van der Waals surface area contributed by atoms with Crippen LogP contribution in [0.5, 0.6) is 0 Å². The number of hydrogen-bond acceptors (Lipinski definition) is 4. The number of nitrogens with two attached hydrogens (primary N) is 1. The van der Waals surface area contributed by atoms with Crippen LogP contribution in [0.4, 0.5) is 0 Å². The SMILES string of the molecule is NC(CCCSc1ccc(Cl)cc1)(P(=O)(O)O)P(=O)(O)O. The van der Waals surface area contributed by atoms with E-state index in [4.69, 9.17) is 36.9 Å². The standard InChI is InChI=1S/C10H16ClNO6P2S/c11-8-2-4-9(5-3-8)21-7-1-6-10(12,19(13,14)15)20(16,17)18/h2-5H,1,6-7,12H2,(H2,13,14,15)(H2,16,17,18). The van der Waals surface area contributed by atoms with Crippen LogP contribution in [0.3, 0.4) is 0 Å². The summed E-state index contributed by atoms with van der Waals surface area (Å²) >= 11 is 7.11. The number of thioether (sulfide) groups is 1. The first-order valence-electron chi connectivity index (χ1n) is 5.76. The van der Waals surface area contributed by atoms with Crippen LogP contribution in [0.1, 0.15) is 12.8 Å². The lowest BCUT2D eigenvalue weighted by molar-refractivity contribution is 0.302. The fourth-order valence-corrected chi connectivity index (χ4v) is 4.75. The Labute approximate surface area is 131 Å². The summed E-state index contributed by atoms with van der Waals surface area (Å²) in [7, 11) is -10.3. The zero-order chi connectivity index (χ0) is 16.3. The molecule has 0 fully saturated rings. The van der Waals surface area contributed by atoms with Gasteiger partial charge in [-0.2, -0.15) is 0 Å². The maximum Gasteiger partial charge on any atom is 0.357 e. The summed E-state index contributed by atoms with van der Waals surface area (Å²) in [6.45, 7) is 0. The molecule has 0 aromatic heterocycles. The zero-order valence-corrected chi connectivity index (χ0v) is 14.2. The highest BCUT2D eigenvalue weighted by atomic mass is 35.5. The molecule has 0 aliphatic carbocycles. The van der Waals surface area contributed by atoms with Gasteiger partial charge in [-0.1, -0.05) is 11.6 Å². The van der Waals surface area contributed by atoms with Gasteiger partial charge in [-0.05, 0) is 42.9 Å². The predicted molar refractivity (Wildman–Crippen MR) is 82.4 cm³/mol. The minimum Gasteiger partial charge on any atom is -0.323 e. The smallest absolute Gasteiger partial charge is 0.323 e. The van der Waals surface area contributed by atoms with E-state index in [1.165, 1.54) is 11.8 Å². The Morgan fingerprint density at radius 2 is 1.57 bits per heavy atom. The van der Waals surface area contributed by atoms with E-state index < -0.39 is 26.6 Å². The molecule has 1 aromatic rings. The summed E-state index contributed by atoms with van der Waals surface area (Å²) < 4.78 is 22.5. The van der Waals surface area contributed by atoms with Crippen LogP contribution in [0.25, 0.3) is 0 Å². The Hall–Kier alpha value is 0.120. The van der Waals surface area contributed by atoms with Crippen molar-refractivity contribution in [1.29, 1.82) is 0 Å². The molecule has 0 saturated carbocycles. The number of benzene rings is 1. The van der Waals surface area contributed by atoms with Gasteiger partial charge in [-0.25, -0.2) is 0 Å². The van der Waals surface area contributed by atoms with E-state index in [1.54, 1.807) is 24.3 Å². The van der Waals surface area contributed by atoms with E-state index in [9.17, 15) is 9.13 Å². The molecule has 0 aliphatic heterocycles. The van der Waals surface area contributed by atoms with Gasteiger partial charge in [-0.3, -0.25) is 9.13 Å². The van der Waals surface area contributed by atoms with Crippen molar-refractivity contribution in [2.45, 2.75) is 22.8 Å². The van der Waals surface area contributed by atoms with Gasteiger partial charge >= 0.3 is 15.2 Å². The summed E-state index contributed by atoms with van der Waals surface area (Å²) in [5.41, 5.74) is 5.30. The summed E-state index contributed by atoms with van der Waals surface area (Å²) in [4.78, 5) is 37.3. The molecule has 0 heterocycles. The van der Waals surface area contributed by atoms with Crippen LogP contribution in [0.15, 0.2) is 29.2 Å². The average molecular weight is 376 g/mol. The van der Waals surface area contributed by atoms with Crippen molar-refractivity contribution in [1.82, 2.24) is 0 Å². The molecule has 0 atom stereocenters. The summed E-state index contributed by atoms with van der Waals surface area (Å²) in [5, 5.41) is -2.25. The monoisotopic (exact) mass is 375 g/mol. The van der Waals surface area contributed by atoms with Gasteiger partial charge in [0.2, 0.25) is 5.02 Å². The summed E-state index contributed by atoms with van der Waals surface area (Å²) in [5.74, 6) is 0.403. The van der Waals surface area contributed by atoms with Gasteiger partial charge in [0.15, 0.2) is 0 Å². The Kier molecular flexibility index (Phi) is 6.51. The third-order valence-electron chi connectivity index (χ3n) is 2.78. The van der Waals surface area contributed by atoms with E-state index in [1.807, 2.05) is 0 Å². The first-order valence-corrected chi connectivity index (χ1v) is 10.3. The van der Waals surface area contributed by atoms with E-state index in [0.29, 0.717) is 10.8 Å². The fourth-order valence-electron chi connectivity index (χ4n) is 1.51. The van der Waals surface area contributed by atoms with Crippen LogP contribution in [0, 0.1) is 0 Å². The van der Waals surface area contributed by atoms with Crippen LogP contribution in [0.2, 0.25) is 5.02 Å². The molecule has 0 amide bonds. The molecule has 0 bridgehead atoms. The minimum atomic E-state index is -5.14. The van der Waals surface area contributed by atoms with Crippen LogP contribution in [-0.4, -0.2) is 30.3 Å². The summed E-state index contributed by atoms with van der Waals surface area (Å²) in [6, 6.07) is 6.94. The largest absolute Gasteiger partial charge is 0.357 e. The molecule has 0 spiro atoms. The van der Waals surface area contributed by atoms with Crippen molar-refractivity contribution in [3.8, 4) is 0 Å². The Morgan fingerprint density at radius 1 is 1.10 bits per heavy atom. The Balaban J connectivity index is 2.62. The zero-order valence-electron chi connectivity index (χ0n) is 10.8. The van der Waals surface area contributed by atoms with Crippen molar-refractivity contribution >= 4 is 38.6 Å². The van der Waals surface area contributed by atoms with Gasteiger partial charge < -0.3 is 25.3 Å². The van der Waals surface area contributed by atoms with Crippen molar-refractivity contribution in [2.75, 3.05) is 5.75 Å². The molecular weight excluding hydrogens is 360 g/mol. The normalized spacial score (nSPS) is 13.4. The fraction of sp³-hybridized carbons (Fsp3) is 0.400. The van der Waals surface area contributed by atoms with E-state index >= 15 is 0 Å². The topological polar surface area (TPSA) is 141 Å². The first-order chi connectivity index (χ1) is 9.47. The second kappa shape index (κ2) is 7.13. The van der Waals surface area contributed by atoms with Gasteiger partial charge in [0.05, 0.1) is 0 Å². The van der Waals surface area contributed by atoms with Crippen LogP contribution < -0.4 is 5.73 Å². The lowest BCUT2D eigenvalue weighted by Crippen LogP contribution is -2.39. The number of halogens is 1. The molecule has 6 N–H and O–H groups in total. The highest BCUT2D eigenvalue weighted by molar-refractivity contribution is 7.99. The van der Waals surface area contributed by atoms with E-state index in [0.717, 1.165) is 4.90 Å². The van der Waals surface area contributed by atoms with Crippen LogP contribution >= 0.6 is 38.6 Å². The molecule has 120 valence electrons. The van der Waals surface area contributed by atoms with Crippen molar-refractivity contribution in [3.05, 3.63) is 29.3 Å². The van der Waals surface area contributed by atoms with Crippen LogP contribution in [-0.2, 0) is 9.13 Å². The van der Waals surface area contributed by atoms with Gasteiger partial charge in [0, 0.05) is 9.92 Å². The van der Waals surface area contributed by atoms with E-state index in [2.05, 4.69) is 0 Å². The lowest BCUT2D eigenvalue weighted by atomic mass is 10.3. The maximum atomic E-state index is 11.3. The number of rotatable bonds is 7. The predicted octanol–water partition coefficient (Wildman–Crippen LogP) is 2.18. The van der Waals surface area contributed by atoms with Gasteiger partial charge in [-0.15, -0.1) is 11.8 Å². The van der Waals surface area contributed by atoms with Gasteiger partial charge in [0.25, 0.3) is 0 Å². The Morgan fingerprint density at radius 3 is 2.00 bits per heavy atom. The molecule has 1 rings (SSSR count). The maximum absolute atomic E-state index is 11.3. The lowest BCUT2D eigenvalue weighted by Gasteiger charge is -2.30. The highest BCUT2D eigenvalue weighted by Gasteiger charge is 2.56. The molecule has 7 nitrogen and oxygen atoms in total. The molecule has 1 aromatic carbocycles. The quantitative estimate of drug-likeness (QED) is 0.277. The van der Waals surface area contributed by atoms with E-state index in [-0.39, 0.29) is 6.42 Å². The third-order valence-corrected chi connectivity index (χ3v) is 8.16. The molecular formula is C10H16ClNO6P2S. The van der Waals surface area contributed by atoms with Crippen molar-refractivity contribution < 1.29 is 28.7 Å². The second-order valence-electron chi connectivity index (χ2n) is 4.37. The van der Waals surface area contributed by atoms with Crippen molar-refractivity contribution in [3.63, 3.8) is 0 Å². The van der Waals surface area contributed by atoms with Crippen molar-refractivity contribution in [2.24, 2.45) is 5.73 Å². The van der Waals surface area contributed by atoms with Gasteiger partial charge in [0.1, 0.15) is 0 Å². The summed E-state index contributed by atoms with van der Waals surface area (Å²) in [6.07, 6.45) is -0.345. The molecule has 0 saturated heterocycles. The highest BCUT2D eigenvalue weighted by Crippen LogP contribution is 2.67. The second-order valence-corrected chi connectivity index (χ2v) is 10.1. The minimum absolute atomic E-state index is 0.139. The molecule has 0 unspecified atom stereocenters. The molecule has 0 aliphatic rings. The number of hydrogen-bond donors (Lipinski definition) is 5. The first kappa shape index (κ1) is 19.2. The Bertz CT molecular complexity index is 549. The molecule has 11 heteroatoms. The average Bonchev–Trinajstić information content (AvgIpc) is 2.33. The molecule has 21 heavy (non-hydrogen) atoms. The molecule has 0 radical (unpaired) electrons.